The molecule has 1 N–H and O–H groups in total. The van der Waals surface area contributed by atoms with Crippen LogP contribution in [-0.2, 0) is 13.0 Å². The molecule has 0 amide bonds. The molecule has 116 valence electrons. The molecule has 22 heavy (non-hydrogen) atoms. The summed E-state index contributed by atoms with van der Waals surface area (Å²) in [5.74, 6) is 0.437. The van der Waals surface area contributed by atoms with Gasteiger partial charge in [-0.15, -0.1) is 0 Å². The molecule has 2 aromatic carbocycles. The summed E-state index contributed by atoms with van der Waals surface area (Å²) in [5, 5.41) is 10.5. The standard InChI is InChI=1S/C20H25NO/c22-20(15-17-7-3-1-4-8-17)19-11-13-21(14-12-19)16-18-9-5-2-6-10-18/h1-10,19-20,22H,11-16H2/t20-/m0/s1. The van der Waals surface area contributed by atoms with Gasteiger partial charge in [0.1, 0.15) is 0 Å². The predicted octanol–water partition coefficient (Wildman–Crippen LogP) is 3.50. The minimum atomic E-state index is -0.207. The Balaban J connectivity index is 1.47. The van der Waals surface area contributed by atoms with Crippen LogP contribution in [-0.4, -0.2) is 29.2 Å². The highest BCUT2D eigenvalue weighted by Gasteiger charge is 2.25. The summed E-state index contributed by atoms with van der Waals surface area (Å²) < 4.78 is 0. The first kappa shape index (κ1) is 15.3. The molecule has 2 aromatic rings. The van der Waals surface area contributed by atoms with E-state index in [1.165, 1.54) is 11.1 Å². The summed E-state index contributed by atoms with van der Waals surface area (Å²) in [6, 6.07) is 21.0. The van der Waals surface area contributed by atoms with Gasteiger partial charge >= 0.3 is 0 Å². The highest BCUT2D eigenvalue weighted by Crippen LogP contribution is 2.24. The van der Waals surface area contributed by atoms with Gasteiger partial charge in [0, 0.05) is 6.54 Å². The van der Waals surface area contributed by atoms with E-state index in [1.54, 1.807) is 0 Å². The first-order chi connectivity index (χ1) is 10.8. The van der Waals surface area contributed by atoms with Gasteiger partial charge < -0.3 is 5.11 Å². The van der Waals surface area contributed by atoms with E-state index < -0.39 is 0 Å². The lowest BCUT2D eigenvalue weighted by Gasteiger charge is -2.34. The van der Waals surface area contributed by atoms with Gasteiger partial charge in [0.05, 0.1) is 6.10 Å². The second kappa shape index (κ2) is 7.57. The van der Waals surface area contributed by atoms with Gasteiger partial charge in [0.2, 0.25) is 0 Å². The average molecular weight is 295 g/mol. The van der Waals surface area contributed by atoms with Crippen molar-refractivity contribution in [2.24, 2.45) is 5.92 Å². The summed E-state index contributed by atoms with van der Waals surface area (Å²) in [7, 11) is 0. The SMILES string of the molecule is O[C@@H](Cc1ccccc1)C1CCN(Cc2ccccc2)CC1. The minimum absolute atomic E-state index is 0.207. The monoisotopic (exact) mass is 295 g/mol. The lowest BCUT2D eigenvalue weighted by atomic mass is 9.88. The van der Waals surface area contributed by atoms with E-state index in [-0.39, 0.29) is 6.10 Å². The molecular weight excluding hydrogens is 270 g/mol. The summed E-state index contributed by atoms with van der Waals surface area (Å²) >= 11 is 0. The predicted molar refractivity (Wildman–Crippen MR) is 90.6 cm³/mol. The molecular formula is C20H25NO. The van der Waals surface area contributed by atoms with Crippen LogP contribution in [0, 0.1) is 5.92 Å². The fraction of sp³-hybridized carbons (Fsp3) is 0.400. The molecule has 0 radical (unpaired) electrons. The first-order valence-electron chi connectivity index (χ1n) is 8.29. The van der Waals surface area contributed by atoms with Crippen LogP contribution in [0.5, 0.6) is 0 Å². The molecule has 0 saturated carbocycles. The normalized spacial score (nSPS) is 18.2. The maximum Gasteiger partial charge on any atom is 0.0609 e. The van der Waals surface area contributed by atoms with Gasteiger partial charge in [-0.3, -0.25) is 4.90 Å². The Bertz CT molecular complexity index is 546. The van der Waals surface area contributed by atoms with Crippen molar-refractivity contribution in [3.8, 4) is 0 Å². The lowest BCUT2D eigenvalue weighted by Crippen LogP contribution is -2.38. The zero-order chi connectivity index (χ0) is 15.2. The van der Waals surface area contributed by atoms with Gasteiger partial charge in [-0.25, -0.2) is 0 Å². The molecule has 2 nitrogen and oxygen atoms in total. The molecule has 1 atom stereocenters. The van der Waals surface area contributed by atoms with Crippen LogP contribution in [0.2, 0.25) is 0 Å². The first-order valence-corrected chi connectivity index (χ1v) is 8.29. The molecule has 1 fully saturated rings. The molecule has 2 heteroatoms. The Morgan fingerprint density at radius 1 is 0.864 bits per heavy atom. The molecule has 0 unspecified atom stereocenters. The second-order valence-corrected chi connectivity index (χ2v) is 6.36. The number of benzene rings is 2. The van der Waals surface area contributed by atoms with Crippen LogP contribution in [0.15, 0.2) is 60.7 Å². The Hall–Kier alpha value is -1.64. The Labute approximate surface area is 133 Å². The second-order valence-electron chi connectivity index (χ2n) is 6.36. The summed E-state index contributed by atoms with van der Waals surface area (Å²) in [4.78, 5) is 2.50. The van der Waals surface area contributed by atoms with Crippen molar-refractivity contribution in [2.75, 3.05) is 13.1 Å². The summed E-state index contributed by atoms with van der Waals surface area (Å²) in [6.45, 7) is 3.21. The van der Waals surface area contributed by atoms with Gasteiger partial charge in [-0.05, 0) is 49.4 Å². The highest BCUT2D eigenvalue weighted by molar-refractivity contribution is 5.16. The maximum absolute atomic E-state index is 10.5. The molecule has 1 aliphatic heterocycles. The van der Waals surface area contributed by atoms with Crippen LogP contribution in [0.3, 0.4) is 0 Å². The fourth-order valence-corrected chi connectivity index (χ4v) is 3.36. The van der Waals surface area contributed by atoms with Gasteiger partial charge in [-0.1, -0.05) is 60.7 Å². The van der Waals surface area contributed by atoms with E-state index in [0.717, 1.165) is 38.9 Å². The zero-order valence-corrected chi connectivity index (χ0v) is 13.1. The van der Waals surface area contributed by atoms with E-state index in [0.29, 0.717) is 5.92 Å². The Morgan fingerprint density at radius 3 is 2.00 bits per heavy atom. The van der Waals surface area contributed by atoms with Crippen LogP contribution in [0.25, 0.3) is 0 Å². The molecule has 0 bridgehead atoms. The number of aliphatic hydroxyl groups excluding tert-OH is 1. The van der Waals surface area contributed by atoms with E-state index in [1.807, 2.05) is 18.2 Å². The number of hydrogen-bond acceptors (Lipinski definition) is 2. The molecule has 1 saturated heterocycles. The van der Waals surface area contributed by atoms with Crippen LogP contribution in [0.4, 0.5) is 0 Å². The zero-order valence-electron chi connectivity index (χ0n) is 13.1. The minimum Gasteiger partial charge on any atom is -0.392 e. The summed E-state index contributed by atoms with van der Waals surface area (Å²) in [5.41, 5.74) is 2.62. The third kappa shape index (κ3) is 4.19. The smallest absolute Gasteiger partial charge is 0.0609 e. The molecule has 1 heterocycles. The molecule has 0 aromatic heterocycles. The van der Waals surface area contributed by atoms with E-state index in [4.69, 9.17) is 0 Å². The van der Waals surface area contributed by atoms with Crippen molar-refractivity contribution in [1.82, 2.24) is 4.90 Å². The van der Waals surface area contributed by atoms with Crippen molar-refractivity contribution in [1.29, 1.82) is 0 Å². The maximum atomic E-state index is 10.5. The van der Waals surface area contributed by atoms with Gasteiger partial charge in [0.15, 0.2) is 0 Å². The van der Waals surface area contributed by atoms with Crippen LogP contribution < -0.4 is 0 Å². The topological polar surface area (TPSA) is 23.5 Å². The summed E-state index contributed by atoms with van der Waals surface area (Å²) in [6.07, 6.45) is 2.77. The largest absolute Gasteiger partial charge is 0.392 e. The van der Waals surface area contributed by atoms with Crippen LogP contribution >= 0.6 is 0 Å². The molecule has 1 aliphatic rings. The third-order valence-electron chi connectivity index (χ3n) is 4.71. The number of nitrogens with zero attached hydrogens (tertiary/aromatic N) is 1. The van der Waals surface area contributed by atoms with Crippen molar-refractivity contribution < 1.29 is 5.11 Å². The Morgan fingerprint density at radius 2 is 1.41 bits per heavy atom. The molecule has 0 spiro atoms. The fourth-order valence-electron chi connectivity index (χ4n) is 3.36. The van der Waals surface area contributed by atoms with Crippen molar-refractivity contribution in [3.63, 3.8) is 0 Å². The quantitative estimate of drug-likeness (QED) is 0.912. The van der Waals surface area contributed by atoms with E-state index in [9.17, 15) is 5.11 Å². The van der Waals surface area contributed by atoms with Crippen LogP contribution in [0.1, 0.15) is 24.0 Å². The highest BCUT2D eigenvalue weighted by atomic mass is 16.3. The van der Waals surface area contributed by atoms with Crippen molar-refractivity contribution >= 4 is 0 Å². The average Bonchev–Trinajstić information content (AvgIpc) is 2.57. The van der Waals surface area contributed by atoms with Crippen molar-refractivity contribution in [2.45, 2.75) is 31.9 Å². The number of hydrogen-bond donors (Lipinski definition) is 1. The molecule has 3 rings (SSSR count). The van der Waals surface area contributed by atoms with Crippen molar-refractivity contribution in [3.05, 3.63) is 71.8 Å². The van der Waals surface area contributed by atoms with Gasteiger partial charge in [-0.2, -0.15) is 0 Å². The number of piperidine rings is 1. The number of aliphatic hydroxyl groups is 1. The Kier molecular flexibility index (Phi) is 5.25. The van der Waals surface area contributed by atoms with E-state index in [2.05, 4.69) is 47.4 Å². The third-order valence-corrected chi connectivity index (χ3v) is 4.71. The van der Waals surface area contributed by atoms with Gasteiger partial charge in [0.25, 0.3) is 0 Å². The number of likely N-dealkylation sites (tertiary alicyclic amines) is 1. The molecule has 0 aliphatic carbocycles. The number of rotatable bonds is 5. The lowest BCUT2D eigenvalue weighted by molar-refractivity contribution is 0.0576. The van der Waals surface area contributed by atoms with E-state index >= 15 is 0 Å².